The topological polar surface area (TPSA) is 76.3 Å². The molecular weight excluding hydrogens is 426 g/mol. The van der Waals surface area contributed by atoms with Crippen LogP contribution in [0.4, 0.5) is 0 Å². The van der Waals surface area contributed by atoms with Gasteiger partial charge in [-0.2, -0.15) is 4.31 Å². The third-order valence-electron chi connectivity index (χ3n) is 3.79. The Hall–Kier alpha value is -1.16. The molecule has 0 unspecified atom stereocenters. The van der Waals surface area contributed by atoms with Crippen molar-refractivity contribution in [3.63, 3.8) is 0 Å². The van der Waals surface area contributed by atoms with Gasteiger partial charge in [-0.1, -0.05) is 46.8 Å². The lowest BCUT2D eigenvalue weighted by atomic mass is 10.2. The summed E-state index contributed by atoms with van der Waals surface area (Å²) in [6.45, 7) is 4.90. The van der Waals surface area contributed by atoms with Gasteiger partial charge in [-0.25, -0.2) is 8.42 Å². The molecule has 2 aromatic rings. The van der Waals surface area contributed by atoms with Crippen molar-refractivity contribution in [2.75, 3.05) is 18.8 Å². The van der Waals surface area contributed by atoms with Crippen molar-refractivity contribution in [3.8, 4) is 11.5 Å². The molecule has 0 spiro atoms. The van der Waals surface area contributed by atoms with Crippen LogP contribution in [0.25, 0.3) is 11.5 Å². The molecule has 0 aliphatic carbocycles. The molecule has 0 bridgehead atoms. The standard InChI is InChI=1S/C16H18BrN3O3S2/c1-12(17)11-24-16-19-18-15(23-16)13-6-5-7-14(10-13)25(21,22)20-8-3-2-4-9-20/h5-7,10H,1-4,8-9,11H2. The molecule has 1 aromatic carbocycles. The smallest absolute Gasteiger partial charge is 0.277 e. The number of halogens is 1. The molecule has 25 heavy (non-hydrogen) atoms. The minimum atomic E-state index is -3.49. The molecule has 1 saturated heterocycles. The van der Waals surface area contributed by atoms with E-state index in [1.54, 1.807) is 28.6 Å². The van der Waals surface area contributed by atoms with Crippen LogP contribution in [-0.2, 0) is 10.0 Å². The van der Waals surface area contributed by atoms with Crippen LogP contribution in [0.1, 0.15) is 19.3 Å². The second kappa shape index (κ2) is 8.03. The Labute approximate surface area is 159 Å². The van der Waals surface area contributed by atoms with Crippen LogP contribution in [0.3, 0.4) is 0 Å². The molecule has 134 valence electrons. The van der Waals surface area contributed by atoms with E-state index in [-0.39, 0.29) is 4.90 Å². The summed E-state index contributed by atoms with van der Waals surface area (Å²) in [4.78, 5) is 0.258. The predicted octanol–water partition coefficient (Wildman–Crippen LogP) is 3.91. The molecular formula is C16H18BrN3O3S2. The Kier molecular flexibility index (Phi) is 5.98. The van der Waals surface area contributed by atoms with E-state index in [0.29, 0.717) is 35.5 Å². The summed E-state index contributed by atoms with van der Waals surface area (Å²) in [6, 6.07) is 6.66. The van der Waals surface area contributed by atoms with Gasteiger partial charge in [0.25, 0.3) is 5.22 Å². The largest absolute Gasteiger partial charge is 0.411 e. The second-order valence-corrected chi connectivity index (χ2v) is 9.66. The van der Waals surface area contributed by atoms with Crippen molar-refractivity contribution in [3.05, 3.63) is 35.3 Å². The van der Waals surface area contributed by atoms with Gasteiger partial charge in [-0.15, -0.1) is 10.2 Å². The van der Waals surface area contributed by atoms with Crippen LogP contribution in [0, 0.1) is 0 Å². The highest BCUT2D eigenvalue weighted by molar-refractivity contribution is 9.11. The lowest BCUT2D eigenvalue weighted by molar-refractivity contribution is 0.346. The maximum absolute atomic E-state index is 12.8. The molecule has 9 heteroatoms. The summed E-state index contributed by atoms with van der Waals surface area (Å²) in [6.07, 6.45) is 2.89. The Balaban J connectivity index is 1.83. The van der Waals surface area contributed by atoms with Gasteiger partial charge in [0.2, 0.25) is 15.9 Å². The van der Waals surface area contributed by atoms with Crippen molar-refractivity contribution >= 4 is 37.7 Å². The summed E-state index contributed by atoms with van der Waals surface area (Å²) in [5.74, 6) is 0.920. The number of hydrogen-bond acceptors (Lipinski definition) is 6. The Morgan fingerprint density at radius 1 is 1.28 bits per heavy atom. The molecule has 1 aromatic heterocycles. The normalized spacial score (nSPS) is 16.0. The van der Waals surface area contributed by atoms with Gasteiger partial charge in [0.05, 0.1) is 4.90 Å². The third kappa shape index (κ3) is 4.52. The van der Waals surface area contributed by atoms with E-state index in [2.05, 4.69) is 32.7 Å². The number of hydrogen-bond donors (Lipinski definition) is 0. The molecule has 1 fully saturated rings. The summed E-state index contributed by atoms with van der Waals surface area (Å²) >= 11 is 4.64. The first-order valence-corrected chi connectivity index (χ1v) is 11.1. The number of nitrogens with zero attached hydrogens (tertiary/aromatic N) is 3. The number of piperidine rings is 1. The average Bonchev–Trinajstić information content (AvgIpc) is 3.10. The third-order valence-corrected chi connectivity index (χ3v) is 7.24. The fraction of sp³-hybridized carbons (Fsp3) is 0.375. The number of benzene rings is 1. The zero-order valence-electron chi connectivity index (χ0n) is 13.5. The molecule has 0 amide bonds. The first-order chi connectivity index (χ1) is 12.0. The van der Waals surface area contributed by atoms with Gasteiger partial charge in [0.1, 0.15) is 0 Å². The summed E-state index contributed by atoms with van der Waals surface area (Å²) < 4.78 is 33.6. The lowest BCUT2D eigenvalue weighted by Gasteiger charge is -2.25. The number of rotatable bonds is 6. The molecule has 0 radical (unpaired) electrons. The molecule has 0 saturated carbocycles. The summed E-state index contributed by atoms with van der Waals surface area (Å²) in [5.41, 5.74) is 0.593. The lowest BCUT2D eigenvalue weighted by Crippen LogP contribution is -2.35. The quantitative estimate of drug-likeness (QED) is 0.629. The highest BCUT2D eigenvalue weighted by Crippen LogP contribution is 2.28. The van der Waals surface area contributed by atoms with E-state index >= 15 is 0 Å². The fourth-order valence-corrected chi connectivity index (χ4v) is 4.99. The van der Waals surface area contributed by atoms with Crippen molar-refractivity contribution in [1.82, 2.24) is 14.5 Å². The molecule has 0 N–H and O–H groups in total. The maximum Gasteiger partial charge on any atom is 0.277 e. The van der Waals surface area contributed by atoms with E-state index in [4.69, 9.17) is 4.42 Å². The molecule has 1 aliphatic heterocycles. The molecule has 2 heterocycles. The first kappa shape index (κ1) is 18.6. The Morgan fingerprint density at radius 3 is 2.76 bits per heavy atom. The van der Waals surface area contributed by atoms with E-state index < -0.39 is 10.0 Å². The average molecular weight is 444 g/mol. The summed E-state index contributed by atoms with van der Waals surface area (Å²) in [7, 11) is -3.49. The zero-order valence-corrected chi connectivity index (χ0v) is 16.7. The SMILES string of the molecule is C=C(Br)CSc1nnc(-c2cccc(S(=O)(=O)N3CCCCC3)c2)o1. The predicted molar refractivity (Wildman–Crippen MR) is 101 cm³/mol. The van der Waals surface area contributed by atoms with Crippen molar-refractivity contribution < 1.29 is 12.8 Å². The minimum absolute atomic E-state index is 0.258. The minimum Gasteiger partial charge on any atom is -0.411 e. The van der Waals surface area contributed by atoms with Crippen LogP contribution in [0.2, 0.25) is 0 Å². The van der Waals surface area contributed by atoms with Gasteiger partial charge in [0.15, 0.2) is 0 Å². The molecule has 0 atom stereocenters. The van der Waals surface area contributed by atoms with Crippen LogP contribution in [0.5, 0.6) is 0 Å². The van der Waals surface area contributed by atoms with Crippen molar-refractivity contribution in [2.45, 2.75) is 29.4 Å². The molecule has 6 nitrogen and oxygen atoms in total. The number of aromatic nitrogens is 2. The zero-order chi connectivity index (χ0) is 17.9. The van der Waals surface area contributed by atoms with Gasteiger partial charge in [0, 0.05) is 24.4 Å². The molecule has 1 aliphatic rings. The van der Waals surface area contributed by atoms with E-state index in [1.807, 2.05) is 0 Å². The number of thioether (sulfide) groups is 1. The maximum atomic E-state index is 12.8. The van der Waals surface area contributed by atoms with E-state index in [0.717, 1.165) is 23.7 Å². The van der Waals surface area contributed by atoms with Crippen molar-refractivity contribution in [2.24, 2.45) is 0 Å². The summed E-state index contributed by atoms with van der Waals surface area (Å²) in [5, 5.41) is 8.40. The van der Waals surface area contributed by atoms with E-state index in [9.17, 15) is 8.42 Å². The second-order valence-electron chi connectivity index (χ2n) is 5.67. The van der Waals surface area contributed by atoms with Gasteiger partial charge in [-0.3, -0.25) is 0 Å². The van der Waals surface area contributed by atoms with Crippen LogP contribution in [0.15, 0.2) is 49.9 Å². The fourth-order valence-electron chi connectivity index (χ4n) is 2.57. The van der Waals surface area contributed by atoms with Crippen LogP contribution < -0.4 is 0 Å². The highest BCUT2D eigenvalue weighted by atomic mass is 79.9. The van der Waals surface area contributed by atoms with Gasteiger partial charge < -0.3 is 4.42 Å². The monoisotopic (exact) mass is 443 g/mol. The van der Waals surface area contributed by atoms with Gasteiger partial charge in [-0.05, 0) is 35.5 Å². The highest BCUT2D eigenvalue weighted by Gasteiger charge is 2.26. The van der Waals surface area contributed by atoms with Gasteiger partial charge >= 0.3 is 0 Å². The van der Waals surface area contributed by atoms with E-state index in [1.165, 1.54) is 11.8 Å². The molecule has 3 rings (SSSR count). The van der Waals surface area contributed by atoms with Crippen molar-refractivity contribution in [1.29, 1.82) is 0 Å². The Bertz CT molecular complexity index is 861. The van der Waals surface area contributed by atoms with Crippen LogP contribution >= 0.6 is 27.7 Å². The number of sulfonamides is 1. The van der Waals surface area contributed by atoms with Crippen LogP contribution in [-0.4, -0.2) is 41.8 Å². The Morgan fingerprint density at radius 2 is 2.04 bits per heavy atom. The first-order valence-electron chi connectivity index (χ1n) is 7.87.